The first-order valence-electron chi connectivity index (χ1n) is 6.76. The minimum atomic E-state index is -0.486. The molecule has 18 heavy (non-hydrogen) atoms. The van der Waals surface area contributed by atoms with Gasteiger partial charge in [0.05, 0.1) is 0 Å². The van der Waals surface area contributed by atoms with Crippen molar-refractivity contribution in [2.24, 2.45) is 23.0 Å². The fourth-order valence-electron chi connectivity index (χ4n) is 4.22. The van der Waals surface area contributed by atoms with Crippen LogP contribution >= 0.6 is 0 Å². The number of nitrogens with two attached hydrogens (primary N) is 1. The topological polar surface area (TPSA) is 26.0 Å². The van der Waals surface area contributed by atoms with Gasteiger partial charge in [0, 0.05) is 6.07 Å². The predicted octanol–water partition coefficient (Wildman–Crippen LogP) is 3.27. The van der Waals surface area contributed by atoms with Gasteiger partial charge in [-0.25, -0.2) is 8.78 Å². The third kappa shape index (κ3) is 1.95. The molecule has 1 aromatic rings. The molecular formula is C15H19F2N. The third-order valence-corrected chi connectivity index (χ3v) is 4.99. The number of benzene rings is 1. The molecule has 1 nitrogen and oxygen atoms in total. The maximum absolute atomic E-state index is 13.2. The summed E-state index contributed by atoms with van der Waals surface area (Å²) in [5.41, 5.74) is 6.83. The summed E-state index contributed by atoms with van der Waals surface area (Å²) in [5.74, 6) is 0.469. The Labute approximate surface area is 106 Å². The van der Waals surface area contributed by atoms with Gasteiger partial charge in [0.2, 0.25) is 0 Å². The fraction of sp³-hybridized carbons (Fsp3) is 0.600. The maximum Gasteiger partial charge on any atom is 0.126 e. The summed E-state index contributed by atoms with van der Waals surface area (Å²) in [5, 5.41) is 0. The number of rotatable bonds is 3. The smallest absolute Gasteiger partial charge is 0.126 e. The van der Waals surface area contributed by atoms with E-state index in [4.69, 9.17) is 5.73 Å². The molecule has 2 bridgehead atoms. The van der Waals surface area contributed by atoms with Gasteiger partial charge < -0.3 is 5.73 Å². The summed E-state index contributed by atoms with van der Waals surface area (Å²) in [6, 6.07) is 3.83. The molecule has 0 saturated heterocycles. The van der Waals surface area contributed by atoms with E-state index >= 15 is 0 Å². The van der Waals surface area contributed by atoms with Crippen LogP contribution in [0.5, 0.6) is 0 Å². The quantitative estimate of drug-likeness (QED) is 0.876. The highest BCUT2D eigenvalue weighted by molar-refractivity contribution is 5.21. The maximum atomic E-state index is 13.2. The second kappa shape index (κ2) is 4.30. The van der Waals surface area contributed by atoms with E-state index in [0.29, 0.717) is 12.5 Å². The Morgan fingerprint density at radius 3 is 2.39 bits per heavy atom. The van der Waals surface area contributed by atoms with Crippen molar-refractivity contribution in [1.82, 2.24) is 0 Å². The first kappa shape index (κ1) is 12.1. The number of fused-ring (bicyclic) bond motifs is 2. The molecule has 0 heterocycles. The van der Waals surface area contributed by atoms with Crippen LogP contribution in [0.25, 0.3) is 0 Å². The summed E-state index contributed by atoms with van der Waals surface area (Å²) in [6.07, 6.45) is 5.66. The molecule has 0 aromatic heterocycles. The van der Waals surface area contributed by atoms with E-state index in [2.05, 4.69) is 0 Å². The van der Waals surface area contributed by atoms with Crippen molar-refractivity contribution in [1.29, 1.82) is 0 Å². The molecule has 2 aliphatic rings. The van der Waals surface area contributed by atoms with E-state index < -0.39 is 11.6 Å². The predicted molar refractivity (Wildman–Crippen MR) is 67.0 cm³/mol. The third-order valence-electron chi connectivity index (χ3n) is 4.99. The van der Waals surface area contributed by atoms with Crippen LogP contribution in [0.3, 0.4) is 0 Å². The summed E-state index contributed by atoms with van der Waals surface area (Å²) in [4.78, 5) is 0. The van der Waals surface area contributed by atoms with Gasteiger partial charge in [-0.1, -0.05) is 6.42 Å². The largest absolute Gasteiger partial charge is 0.330 e. The Morgan fingerprint density at radius 1 is 1.17 bits per heavy atom. The van der Waals surface area contributed by atoms with Crippen molar-refractivity contribution in [3.8, 4) is 0 Å². The van der Waals surface area contributed by atoms with Crippen molar-refractivity contribution in [2.45, 2.75) is 32.1 Å². The average molecular weight is 251 g/mol. The zero-order valence-corrected chi connectivity index (χ0v) is 10.5. The van der Waals surface area contributed by atoms with Crippen LogP contribution in [0.15, 0.2) is 18.2 Å². The van der Waals surface area contributed by atoms with Gasteiger partial charge in [0.15, 0.2) is 0 Å². The zero-order valence-electron chi connectivity index (χ0n) is 10.5. The molecule has 0 aliphatic heterocycles. The number of hydrogen-bond acceptors (Lipinski definition) is 1. The van der Waals surface area contributed by atoms with Gasteiger partial charge in [-0.2, -0.15) is 0 Å². The second-order valence-electron chi connectivity index (χ2n) is 6.10. The van der Waals surface area contributed by atoms with Crippen molar-refractivity contribution >= 4 is 0 Å². The van der Waals surface area contributed by atoms with Gasteiger partial charge in [0.1, 0.15) is 11.6 Å². The molecule has 2 fully saturated rings. The van der Waals surface area contributed by atoms with Crippen LogP contribution < -0.4 is 5.73 Å². The first-order valence-corrected chi connectivity index (χ1v) is 6.76. The summed E-state index contributed by atoms with van der Waals surface area (Å²) in [6.45, 7) is 0.631. The lowest BCUT2D eigenvalue weighted by atomic mass is 9.69. The Hall–Kier alpha value is -0.960. The van der Waals surface area contributed by atoms with Gasteiger partial charge in [-0.15, -0.1) is 0 Å². The van der Waals surface area contributed by atoms with Crippen molar-refractivity contribution in [3.05, 3.63) is 35.4 Å². The van der Waals surface area contributed by atoms with Gasteiger partial charge >= 0.3 is 0 Å². The molecule has 1 aromatic carbocycles. The highest BCUT2D eigenvalue weighted by Gasteiger charge is 2.49. The van der Waals surface area contributed by atoms with Gasteiger partial charge in [-0.05, 0) is 67.2 Å². The molecule has 3 unspecified atom stereocenters. The summed E-state index contributed by atoms with van der Waals surface area (Å²) < 4.78 is 26.5. The average Bonchev–Trinajstić information content (AvgIpc) is 2.88. The molecule has 0 radical (unpaired) electrons. The number of halogens is 2. The Bertz CT molecular complexity index is 440. The minimum absolute atomic E-state index is 0.0865. The van der Waals surface area contributed by atoms with Crippen LogP contribution in [0.2, 0.25) is 0 Å². The first-order chi connectivity index (χ1) is 8.61. The van der Waals surface area contributed by atoms with E-state index in [1.165, 1.54) is 31.4 Å². The molecule has 2 aliphatic carbocycles. The fourth-order valence-corrected chi connectivity index (χ4v) is 4.22. The lowest BCUT2D eigenvalue weighted by Gasteiger charge is -2.37. The molecule has 3 atom stereocenters. The van der Waals surface area contributed by atoms with Crippen LogP contribution in [0, 0.1) is 28.9 Å². The lowest BCUT2D eigenvalue weighted by molar-refractivity contribution is 0.171. The molecule has 3 rings (SSSR count). The summed E-state index contributed by atoms with van der Waals surface area (Å²) in [7, 11) is 0. The van der Waals surface area contributed by atoms with E-state index in [9.17, 15) is 8.78 Å². The van der Waals surface area contributed by atoms with Crippen LogP contribution in [-0.4, -0.2) is 6.54 Å². The monoisotopic (exact) mass is 251 g/mol. The van der Waals surface area contributed by atoms with Gasteiger partial charge in [-0.3, -0.25) is 0 Å². The van der Waals surface area contributed by atoms with E-state index in [1.54, 1.807) is 0 Å². The Balaban J connectivity index is 1.86. The Kier molecular flexibility index (Phi) is 2.89. The van der Waals surface area contributed by atoms with Crippen LogP contribution in [0.4, 0.5) is 8.78 Å². The highest BCUT2D eigenvalue weighted by atomic mass is 19.1. The van der Waals surface area contributed by atoms with Crippen molar-refractivity contribution < 1.29 is 8.78 Å². The normalized spacial score (nSPS) is 34.2. The van der Waals surface area contributed by atoms with E-state index in [0.717, 1.165) is 30.4 Å². The SMILES string of the molecule is NCC1(Cc2cc(F)cc(F)c2)CC2CCC1C2. The molecular weight excluding hydrogens is 232 g/mol. The molecule has 2 saturated carbocycles. The number of hydrogen-bond donors (Lipinski definition) is 1. The molecule has 0 amide bonds. The van der Waals surface area contributed by atoms with Crippen molar-refractivity contribution in [3.63, 3.8) is 0 Å². The standard InChI is InChI=1S/C15H19F2N/c16-13-4-11(5-14(17)6-13)8-15(9-18)7-10-1-2-12(15)3-10/h4-6,10,12H,1-3,7-9,18H2. The van der Waals surface area contributed by atoms with Crippen molar-refractivity contribution in [2.75, 3.05) is 6.54 Å². The highest BCUT2D eigenvalue weighted by Crippen LogP contribution is 2.56. The molecule has 0 spiro atoms. The molecule has 2 N–H and O–H groups in total. The second-order valence-corrected chi connectivity index (χ2v) is 6.10. The molecule has 98 valence electrons. The zero-order chi connectivity index (χ0) is 12.8. The minimum Gasteiger partial charge on any atom is -0.330 e. The summed E-state index contributed by atoms with van der Waals surface area (Å²) >= 11 is 0. The molecule has 3 heteroatoms. The Morgan fingerprint density at radius 2 is 1.89 bits per heavy atom. The lowest BCUT2D eigenvalue weighted by Crippen LogP contribution is -2.37. The van der Waals surface area contributed by atoms with Crippen LogP contribution in [-0.2, 0) is 6.42 Å². The van der Waals surface area contributed by atoms with Gasteiger partial charge in [0.25, 0.3) is 0 Å². The van der Waals surface area contributed by atoms with E-state index in [-0.39, 0.29) is 5.41 Å². The van der Waals surface area contributed by atoms with Crippen LogP contribution in [0.1, 0.15) is 31.2 Å². The van der Waals surface area contributed by atoms with E-state index in [1.807, 2.05) is 0 Å².